The van der Waals surface area contributed by atoms with Crippen LogP contribution in [0, 0.1) is 82.1 Å². The fraction of sp³-hybridized carbons (Fsp3) is 0.191. The number of fused-ring (bicyclic) bond motifs is 5. The van der Waals surface area contributed by atoms with Gasteiger partial charge >= 0.3 is 23.9 Å². The molecule has 2 heterocycles. The van der Waals surface area contributed by atoms with E-state index in [9.17, 15) is 61.8 Å². The molecule has 1 aromatic heterocycles. The lowest BCUT2D eigenvalue weighted by atomic mass is 9.82. The second kappa shape index (κ2) is 36.0. The van der Waals surface area contributed by atoms with Crippen LogP contribution in [0.1, 0.15) is 165 Å². The predicted molar refractivity (Wildman–Crippen MR) is 455 cm³/mol. The van der Waals surface area contributed by atoms with Crippen molar-refractivity contribution in [2.75, 3.05) is 26.6 Å². The van der Waals surface area contributed by atoms with E-state index in [0.29, 0.717) is 46.4 Å². The molecule has 10 N–H and O–H groups in total. The van der Waals surface area contributed by atoms with E-state index in [0.717, 1.165) is 81.4 Å². The van der Waals surface area contributed by atoms with Crippen LogP contribution in [0.25, 0.3) is 29.3 Å². The lowest BCUT2D eigenvalue weighted by Gasteiger charge is -2.25. The third-order valence-corrected chi connectivity index (χ3v) is 23.1. The summed E-state index contributed by atoms with van der Waals surface area (Å²) in [6, 6.07) is 52.9. The van der Waals surface area contributed by atoms with Gasteiger partial charge in [-0.3, -0.25) is 24.0 Å². The number of carboxylic acid groups (broad SMARTS) is 4. The molecule has 1 unspecified atom stereocenters. The number of nitrogens with one attached hydrogen (secondary N) is 6. The number of anilines is 5. The molecule has 0 fully saturated rings. The number of H-pyrrole nitrogens is 1. The molecule has 0 spiro atoms. The van der Waals surface area contributed by atoms with Crippen molar-refractivity contribution in [3.63, 3.8) is 0 Å². The summed E-state index contributed by atoms with van der Waals surface area (Å²) in [5, 5.41) is 50.2. The molecule has 4 aliphatic rings. The first-order valence-electron chi connectivity index (χ1n) is 37.8. The highest BCUT2D eigenvalue weighted by molar-refractivity contribution is 7.96. The van der Waals surface area contributed by atoms with E-state index in [-0.39, 0.29) is 68.0 Å². The van der Waals surface area contributed by atoms with Crippen molar-refractivity contribution in [2.24, 2.45) is 5.92 Å². The van der Waals surface area contributed by atoms with Crippen LogP contribution in [0.2, 0.25) is 0 Å². The molecule has 3 aliphatic carbocycles. The van der Waals surface area contributed by atoms with Gasteiger partial charge in [-0.25, -0.2) is 32.6 Å². The first kappa shape index (κ1) is 84.0. The predicted octanol–water partition coefficient (Wildman–Crippen LogP) is 17.8. The van der Waals surface area contributed by atoms with Crippen molar-refractivity contribution in [3.05, 3.63) is 326 Å². The Bertz CT molecular complexity index is 6090. The third kappa shape index (κ3) is 19.8. The topological polar surface area (TPSA) is 358 Å². The molecule has 1 atom stereocenters. The first-order valence-corrected chi connectivity index (χ1v) is 39.3. The third-order valence-electron chi connectivity index (χ3n) is 21.3. The molecule has 0 bridgehead atoms. The van der Waals surface area contributed by atoms with Crippen molar-refractivity contribution >= 4 is 121 Å². The number of aromatic amines is 1. The highest BCUT2D eigenvalue weighted by atomic mass is 32.2. The fourth-order valence-corrected chi connectivity index (χ4v) is 15.5. The number of carbonyl (C=O) groups is 9. The number of carbonyl (C=O) groups excluding carboxylic acids is 5. The van der Waals surface area contributed by atoms with Crippen molar-refractivity contribution in [2.45, 2.75) is 120 Å². The monoisotopic (exact) mass is 1590 g/mol. The average Bonchev–Trinajstić information content (AvgIpc) is 1.60. The number of rotatable bonds is 14. The van der Waals surface area contributed by atoms with E-state index in [1.54, 1.807) is 73.7 Å². The lowest BCUT2D eigenvalue weighted by molar-refractivity contribution is -0.120. The van der Waals surface area contributed by atoms with Crippen molar-refractivity contribution < 1.29 is 72.0 Å². The molecule has 0 saturated carbocycles. The van der Waals surface area contributed by atoms with Crippen LogP contribution in [0.5, 0.6) is 0 Å². The number of aromatic carboxylic acids is 4. The van der Waals surface area contributed by atoms with Gasteiger partial charge in [-0.2, -0.15) is 0 Å². The van der Waals surface area contributed by atoms with Crippen LogP contribution in [0.15, 0.2) is 203 Å². The minimum Gasteiger partial charge on any atom is -0.478 e. The molecule has 117 heavy (non-hydrogen) atoms. The van der Waals surface area contributed by atoms with Gasteiger partial charge in [0.1, 0.15) is 4.91 Å². The molecule has 22 nitrogen and oxygen atoms in total. The Hall–Kier alpha value is -13.9. The number of hydrogen-bond donors (Lipinski definition) is 10. The van der Waals surface area contributed by atoms with Crippen molar-refractivity contribution in [1.29, 1.82) is 0 Å². The number of aryl methyl sites for hydroxylation is 13. The Kier molecular flexibility index (Phi) is 25.9. The number of benzene rings is 10. The Balaban J connectivity index is 0.000000144. The standard InChI is InChI=1S/C20H19NO3.C20H23NO.C19H17NO3.C18H15NO5S.C17H15N3O3/c1-12-9-14-7-8-15(11-16(14)10-13(12)2)19(22)21-18-6-4-3-5-17(18)20(23)24;1-13-6-4-5-7-19(13)21-20(22)17-9-8-16-10-14(2)15(3)11-18(16)12-17;1-11-7-13-9-15(10-14(13)8-12(11)2)18(21)20-17-6-4-3-5-16(17)19(22)23;1-10-7-12-9-16(25(23,24)15(12)8-11(10)2)17(20)19-14-6-4-3-5-13(14)18(21)22;1-9-7-13-14(8-10(9)2)19-15(18-13)16(21)20-12-6-4-3-5-11(12)17(22)23/h3-6,9-11H,7-8H2,1-2H3,(H,21,22)(H,23,24);4-7,10-11,17H,8-9,12H2,1-3H3,(H,21,22);3-9H,10H2,1-2H3,(H,20,21)(H,22,23);3-9H,1-2H3,(H,19,20)(H,21,22);3-8H,1-2H3,(H,18,19)(H,20,21)(H,22,23). The summed E-state index contributed by atoms with van der Waals surface area (Å²) in [5.74, 6) is -5.90. The summed E-state index contributed by atoms with van der Waals surface area (Å²) in [6.45, 7) is 22.2. The Morgan fingerprint density at radius 3 is 1.27 bits per heavy atom. The molecule has 0 saturated heterocycles. The highest BCUT2D eigenvalue weighted by Gasteiger charge is 2.36. The summed E-state index contributed by atoms with van der Waals surface area (Å²) in [4.78, 5) is 114. The number of sulfone groups is 1. The summed E-state index contributed by atoms with van der Waals surface area (Å²) >= 11 is 0. The van der Waals surface area contributed by atoms with Crippen LogP contribution in [-0.4, -0.2) is 92.2 Å². The molecule has 10 aromatic carbocycles. The number of aromatic nitrogens is 2. The number of amides is 5. The van der Waals surface area contributed by atoms with Gasteiger partial charge in [0.2, 0.25) is 15.7 Å². The highest BCUT2D eigenvalue weighted by Crippen LogP contribution is 2.37. The molecule has 0 radical (unpaired) electrons. The molecule has 5 amide bonds. The van der Waals surface area contributed by atoms with Gasteiger partial charge in [0.05, 0.1) is 60.9 Å². The molecule has 596 valence electrons. The summed E-state index contributed by atoms with van der Waals surface area (Å²) in [5.41, 5.74) is 25.0. The number of hydrogen-bond acceptors (Lipinski definition) is 12. The minimum atomic E-state index is -3.94. The van der Waals surface area contributed by atoms with E-state index in [1.807, 2.05) is 83.2 Å². The Labute approximate surface area is 677 Å². The molecule has 1 aliphatic heterocycles. The summed E-state index contributed by atoms with van der Waals surface area (Å²) < 4.78 is 25.3. The van der Waals surface area contributed by atoms with Gasteiger partial charge < -0.3 is 52.0 Å². The second-order valence-corrected chi connectivity index (χ2v) is 31.4. The quantitative estimate of drug-likeness (QED) is 0.0483. The maximum Gasteiger partial charge on any atom is 0.337 e. The summed E-state index contributed by atoms with van der Waals surface area (Å²) in [6.07, 6.45) is 9.92. The number of carboxylic acids is 4. The summed E-state index contributed by atoms with van der Waals surface area (Å²) in [7, 11) is -3.94. The Morgan fingerprint density at radius 2 is 0.761 bits per heavy atom. The van der Waals surface area contributed by atoms with Crippen LogP contribution in [0.4, 0.5) is 28.4 Å². The van der Waals surface area contributed by atoms with Gasteiger partial charge in [-0.1, -0.05) is 109 Å². The normalized spacial score (nSPS) is 13.5. The zero-order chi connectivity index (χ0) is 84.4. The van der Waals surface area contributed by atoms with Gasteiger partial charge in [-0.05, 0) is 299 Å². The SMILES string of the molecule is Cc1cc2c(cc1C)CC(C(=O)Nc1ccccc1C(=O)O)=C2.Cc1cc2c(cc1C)CC(C(=O)Nc1ccccc1C)CC2.Cc1cc2c(cc1C)CCC(C(=O)Nc1ccccc1C(=O)O)=C2.Cc1cc2c(cc1C)S(=O)(=O)C(C(=O)Nc1ccccc1C(=O)O)=C2.Cc1cc2nc(C(=O)Nc3ccccc3C(=O)O)[nH]c2cc1C. The number of imidazole rings is 1. The minimum absolute atomic E-state index is 0.0312. The number of para-hydroxylation sites is 5. The van der Waals surface area contributed by atoms with E-state index >= 15 is 0 Å². The second-order valence-electron chi connectivity index (χ2n) is 29.5. The van der Waals surface area contributed by atoms with Gasteiger partial charge in [0, 0.05) is 29.2 Å². The molecular weight excluding hydrogens is 1500 g/mol. The van der Waals surface area contributed by atoms with Gasteiger partial charge in [0.25, 0.3) is 23.6 Å². The van der Waals surface area contributed by atoms with Crippen LogP contribution >= 0.6 is 0 Å². The lowest BCUT2D eigenvalue weighted by Crippen LogP contribution is -2.28. The maximum absolute atomic E-state index is 12.7. The average molecular weight is 1590 g/mol. The number of nitrogens with zero attached hydrogens (tertiary/aromatic N) is 1. The maximum atomic E-state index is 12.7. The van der Waals surface area contributed by atoms with Crippen LogP contribution < -0.4 is 26.6 Å². The largest absolute Gasteiger partial charge is 0.478 e. The molecule has 11 aromatic rings. The smallest absolute Gasteiger partial charge is 0.337 e. The van der Waals surface area contributed by atoms with Crippen LogP contribution in [0.3, 0.4) is 0 Å². The Morgan fingerprint density at radius 1 is 0.368 bits per heavy atom. The van der Waals surface area contributed by atoms with E-state index in [2.05, 4.69) is 108 Å². The van der Waals surface area contributed by atoms with E-state index < -0.39 is 50.4 Å². The van der Waals surface area contributed by atoms with E-state index in [4.69, 9.17) is 10.2 Å². The van der Waals surface area contributed by atoms with Crippen LogP contribution in [-0.2, 0) is 54.7 Å². The van der Waals surface area contributed by atoms with Crippen molar-refractivity contribution in [3.8, 4) is 0 Å². The zero-order valence-electron chi connectivity index (χ0n) is 66.5. The molecule has 23 heteroatoms. The van der Waals surface area contributed by atoms with Gasteiger partial charge in [0.15, 0.2) is 5.82 Å². The zero-order valence-corrected chi connectivity index (χ0v) is 67.3. The van der Waals surface area contributed by atoms with Crippen molar-refractivity contribution in [1.82, 2.24) is 9.97 Å². The molecule has 15 rings (SSSR count). The van der Waals surface area contributed by atoms with E-state index in [1.165, 1.54) is 98.6 Å². The molecular formula is C94H89N7O15S. The van der Waals surface area contributed by atoms with Gasteiger partial charge in [-0.15, -0.1) is 0 Å². The fourth-order valence-electron chi connectivity index (χ4n) is 13.9. The first-order chi connectivity index (χ1) is 55.6.